The molecule has 1 unspecified atom stereocenters. The standard InChI is InChI=1S/C28H25ClN2O4/c1-34-20-11-8-17(9-12-20)26-24-15-18-7-10-19(29)16-23(18)21(24)13-14-31(26)28(33)30-25-6-4-3-5-22(25)27(32)35-2/h3-12,16,26H,13-15H2,1-2H3,(H,30,33). The molecule has 6 nitrogen and oxygen atoms in total. The first kappa shape index (κ1) is 23.0. The number of para-hydroxylation sites is 1. The first-order valence-electron chi connectivity index (χ1n) is 11.4. The van der Waals surface area contributed by atoms with Gasteiger partial charge in [0.2, 0.25) is 0 Å². The van der Waals surface area contributed by atoms with Gasteiger partial charge in [0.25, 0.3) is 0 Å². The molecule has 0 bridgehead atoms. The monoisotopic (exact) mass is 488 g/mol. The van der Waals surface area contributed by atoms with E-state index in [9.17, 15) is 9.59 Å². The van der Waals surface area contributed by atoms with Crippen LogP contribution in [0.4, 0.5) is 10.5 Å². The number of halogens is 1. The molecule has 35 heavy (non-hydrogen) atoms. The van der Waals surface area contributed by atoms with E-state index in [1.807, 2.05) is 41.3 Å². The zero-order chi connectivity index (χ0) is 24.5. The summed E-state index contributed by atoms with van der Waals surface area (Å²) >= 11 is 6.31. The molecular weight excluding hydrogens is 464 g/mol. The molecule has 1 atom stereocenters. The van der Waals surface area contributed by atoms with Crippen LogP contribution >= 0.6 is 11.6 Å². The zero-order valence-corrected chi connectivity index (χ0v) is 20.3. The average molecular weight is 489 g/mol. The summed E-state index contributed by atoms with van der Waals surface area (Å²) < 4.78 is 10.2. The molecule has 0 fully saturated rings. The molecule has 0 radical (unpaired) electrons. The maximum Gasteiger partial charge on any atom is 0.339 e. The molecule has 0 spiro atoms. The summed E-state index contributed by atoms with van der Waals surface area (Å²) in [6, 6.07) is 20.1. The number of rotatable bonds is 4. The zero-order valence-electron chi connectivity index (χ0n) is 19.5. The number of anilines is 1. The van der Waals surface area contributed by atoms with E-state index >= 15 is 0 Å². The fourth-order valence-electron chi connectivity index (χ4n) is 5.03. The topological polar surface area (TPSA) is 67.9 Å². The predicted octanol–water partition coefficient (Wildman–Crippen LogP) is 6.12. The highest BCUT2D eigenvalue weighted by Crippen LogP contribution is 2.47. The van der Waals surface area contributed by atoms with E-state index in [4.69, 9.17) is 21.1 Å². The Balaban J connectivity index is 1.53. The van der Waals surface area contributed by atoms with Crippen LogP contribution in [0.2, 0.25) is 5.02 Å². The second-order valence-corrected chi connectivity index (χ2v) is 9.00. The van der Waals surface area contributed by atoms with E-state index in [0.717, 1.165) is 24.2 Å². The van der Waals surface area contributed by atoms with Crippen molar-refractivity contribution in [3.05, 3.63) is 99.6 Å². The second-order valence-electron chi connectivity index (χ2n) is 8.57. The van der Waals surface area contributed by atoms with Crippen molar-refractivity contribution < 1.29 is 19.1 Å². The van der Waals surface area contributed by atoms with Gasteiger partial charge in [-0.2, -0.15) is 0 Å². The minimum absolute atomic E-state index is 0.263. The molecule has 2 amide bonds. The Bertz CT molecular complexity index is 1330. The SMILES string of the molecule is COC(=O)c1ccccc1NC(=O)N1CCC2=C(Cc3ccc(Cl)cc32)C1c1ccc(OC)cc1. The van der Waals surface area contributed by atoms with E-state index in [1.54, 1.807) is 31.4 Å². The number of carbonyl (C=O) groups excluding carboxylic acids is 2. The van der Waals surface area contributed by atoms with Gasteiger partial charge in [0.05, 0.1) is 31.5 Å². The van der Waals surface area contributed by atoms with Crippen LogP contribution in [0, 0.1) is 0 Å². The normalized spacial score (nSPS) is 16.4. The third-order valence-corrected chi connectivity index (χ3v) is 6.91. The Kier molecular flexibility index (Phi) is 6.22. The number of fused-ring (bicyclic) bond motifs is 2. The van der Waals surface area contributed by atoms with Gasteiger partial charge in [-0.1, -0.05) is 41.9 Å². The lowest BCUT2D eigenvalue weighted by molar-refractivity contribution is 0.0602. The van der Waals surface area contributed by atoms with Gasteiger partial charge in [0.15, 0.2) is 0 Å². The van der Waals surface area contributed by atoms with Gasteiger partial charge in [0.1, 0.15) is 5.75 Å². The Labute approximate surface area is 209 Å². The van der Waals surface area contributed by atoms with Crippen molar-refractivity contribution in [1.29, 1.82) is 0 Å². The largest absolute Gasteiger partial charge is 0.497 e. The fraction of sp³-hybridized carbons (Fsp3) is 0.214. The van der Waals surface area contributed by atoms with Gasteiger partial charge in [-0.05, 0) is 77.1 Å². The summed E-state index contributed by atoms with van der Waals surface area (Å²) in [5.74, 6) is 0.252. The third-order valence-electron chi connectivity index (χ3n) is 6.68. The van der Waals surface area contributed by atoms with Gasteiger partial charge in [-0.3, -0.25) is 0 Å². The quantitative estimate of drug-likeness (QED) is 0.449. The highest BCUT2D eigenvalue weighted by Gasteiger charge is 2.38. The Morgan fingerprint density at radius 3 is 2.54 bits per heavy atom. The summed E-state index contributed by atoms with van der Waals surface area (Å²) in [5.41, 5.74) is 6.55. The van der Waals surface area contributed by atoms with Gasteiger partial charge in [0, 0.05) is 11.6 Å². The van der Waals surface area contributed by atoms with E-state index < -0.39 is 5.97 Å². The first-order valence-corrected chi connectivity index (χ1v) is 11.8. The van der Waals surface area contributed by atoms with Crippen LogP contribution in [-0.2, 0) is 11.2 Å². The van der Waals surface area contributed by atoms with Gasteiger partial charge >= 0.3 is 12.0 Å². The molecule has 178 valence electrons. The summed E-state index contributed by atoms with van der Waals surface area (Å²) in [4.78, 5) is 27.7. The number of urea groups is 1. The molecule has 1 aliphatic heterocycles. The fourth-order valence-corrected chi connectivity index (χ4v) is 5.20. The number of amides is 2. The number of hydrogen-bond acceptors (Lipinski definition) is 4. The lowest BCUT2D eigenvalue weighted by atomic mass is 9.88. The van der Waals surface area contributed by atoms with Crippen molar-refractivity contribution in [2.45, 2.75) is 18.9 Å². The lowest BCUT2D eigenvalue weighted by Crippen LogP contribution is -2.42. The number of benzene rings is 3. The number of ether oxygens (including phenoxy) is 2. The Morgan fingerprint density at radius 2 is 1.80 bits per heavy atom. The van der Waals surface area contributed by atoms with Crippen LogP contribution in [0.3, 0.4) is 0 Å². The molecule has 2 aliphatic rings. The number of hydrogen-bond donors (Lipinski definition) is 1. The van der Waals surface area contributed by atoms with E-state index in [-0.39, 0.29) is 12.1 Å². The van der Waals surface area contributed by atoms with Gasteiger partial charge in [-0.15, -0.1) is 0 Å². The van der Waals surface area contributed by atoms with Crippen LogP contribution in [0.15, 0.2) is 72.3 Å². The summed E-state index contributed by atoms with van der Waals surface area (Å²) in [6.07, 6.45) is 1.47. The molecule has 3 aromatic rings. The highest BCUT2D eigenvalue weighted by atomic mass is 35.5. The minimum atomic E-state index is -0.501. The maximum atomic E-state index is 13.6. The number of carbonyl (C=O) groups is 2. The van der Waals surface area contributed by atoms with Crippen LogP contribution in [0.25, 0.3) is 5.57 Å². The van der Waals surface area contributed by atoms with Crippen molar-refractivity contribution in [2.24, 2.45) is 0 Å². The molecule has 7 heteroatoms. The van der Waals surface area contributed by atoms with Gasteiger partial charge < -0.3 is 19.7 Å². The Morgan fingerprint density at radius 1 is 1.03 bits per heavy atom. The number of methoxy groups -OCH3 is 2. The molecule has 0 saturated heterocycles. The molecule has 5 rings (SSSR count). The first-order chi connectivity index (χ1) is 17.0. The molecule has 1 aliphatic carbocycles. The predicted molar refractivity (Wildman–Crippen MR) is 136 cm³/mol. The van der Waals surface area contributed by atoms with E-state index in [0.29, 0.717) is 22.8 Å². The van der Waals surface area contributed by atoms with Crippen LogP contribution in [0.5, 0.6) is 5.75 Å². The van der Waals surface area contributed by atoms with E-state index in [2.05, 4.69) is 11.4 Å². The Hall–Kier alpha value is -3.77. The number of esters is 1. The van der Waals surface area contributed by atoms with Crippen LogP contribution in [-0.4, -0.2) is 37.7 Å². The number of nitrogens with zero attached hydrogens (tertiary/aromatic N) is 1. The van der Waals surface area contributed by atoms with Crippen LogP contribution < -0.4 is 10.1 Å². The van der Waals surface area contributed by atoms with Crippen molar-refractivity contribution in [2.75, 3.05) is 26.1 Å². The third kappa shape index (κ3) is 4.26. The summed E-state index contributed by atoms with van der Waals surface area (Å²) in [5, 5.41) is 3.65. The average Bonchev–Trinajstić information content (AvgIpc) is 3.25. The summed E-state index contributed by atoms with van der Waals surface area (Å²) in [6.45, 7) is 0.522. The molecule has 0 saturated carbocycles. The van der Waals surface area contributed by atoms with Crippen molar-refractivity contribution in [3.8, 4) is 5.75 Å². The smallest absolute Gasteiger partial charge is 0.339 e. The van der Waals surface area contributed by atoms with Crippen molar-refractivity contribution in [3.63, 3.8) is 0 Å². The lowest BCUT2D eigenvalue weighted by Gasteiger charge is -2.38. The van der Waals surface area contributed by atoms with Gasteiger partial charge in [-0.25, -0.2) is 9.59 Å². The molecule has 0 aromatic heterocycles. The van der Waals surface area contributed by atoms with Crippen molar-refractivity contribution in [1.82, 2.24) is 4.90 Å². The molecule has 1 N–H and O–H groups in total. The van der Waals surface area contributed by atoms with Crippen LogP contribution in [0.1, 0.15) is 39.5 Å². The highest BCUT2D eigenvalue weighted by molar-refractivity contribution is 6.30. The maximum absolute atomic E-state index is 13.6. The molecular formula is C28H25ClN2O4. The summed E-state index contributed by atoms with van der Waals surface area (Å²) in [7, 11) is 2.95. The minimum Gasteiger partial charge on any atom is -0.497 e. The second kappa shape index (κ2) is 9.47. The number of nitrogens with one attached hydrogen (secondary N) is 1. The van der Waals surface area contributed by atoms with E-state index in [1.165, 1.54) is 29.4 Å². The molecule has 1 heterocycles. The molecule has 3 aromatic carbocycles. The van der Waals surface area contributed by atoms with Crippen molar-refractivity contribution >= 4 is 34.9 Å².